The summed E-state index contributed by atoms with van der Waals surface area (Å²) in [5, 5.41) is 0. The van der Waals surface area contributed by atoms with Gasteiger partial charge in [-0.25, -0.2) is 4.79 Å². The van der Waals surface area contributed by atoms with E-state index in [1.807, 2.05) is 12.1 Å². The van der Waals surface area contributed by atoms with E-state index in [4.69, 9.17) is 4.74 Å². The lowest BCUT2D eigenvalue weighted by Gasteiger charge is -2.30. The molecule has 2 unspecified atom stereocenters. The summed E-state index contributed by atoms with van der Waals surface area (Å²) in [4.78, 5) is 12.0. The number of ether oxygens (including phenoxy) is 1. The molecule has 2 nitrogen and oxygen atoms in total. The first kappa shape index (κ1) is 13.6. The van der Waals surface area contributed by atoms with Gasteiger partial charge in [-0.1, -0.05) is 29.3 Å². The molecule has 1 aliphatic carbocycles. The van der Waals surface area contributed by atoms with Crippen LogP contribution in [0.1, 0.15) is 49.4 Å². The van der Waals surface area contributed by atoms with Gasteiger partial charge in [0.2, 0.25) is 0 Å². The second-order valence-electron chi connectivity index (χ2n) is 4.90. The van der Waals surface area contributed by atoms with Gasteiger partial charge < -0.3 is 4.74 Å². The minimum Gasteiger partial charge on any atom is -0.458 e. The first-order valence-electron chi connectivity index (χ1n) is 6.67. The summed E-state index contributed by atoms with van der Waals surface area (Å²) >= 11 is 3.36. The van der Waals surface area contributed by atoms with Crippen LogP contribution in [-0.4, -0.2) is 12.1 Å². The van der Waals surface area contributed by atoms with Crippen LogP contribution in [0.2, 0.25) is 0 Å². The van der Waals surface area contributed by atoms with E-state index < -0.39 is 0 Å². The van der Waals surface area contributed by atoms with Crippen molar-refractivity contribution in [1.29, 1.82) is 0 Å². The average Bonchev–Trinajstić information content (AvgIpc) is 2.40. The largest absolute Gasteiger partial charge is 0.458 e. The molecule has 2 atom stereocenters. The Balaban J connectivity index is 1.99. The topological polar surface area (TPSA) is 26.3 Å². The van der Waals surface area contributed by atoms with E-state index >= 15 is 0 Å². The number of carbonyl (C=O) groups excluding carboxylic acids is 1. The van der Waals surface area contributed by atoms with Crippen molar-refractivity contribution in [2.24, 2.45) is 5.92 Å². The van der Waals surface area contributed by atoms with Crippen LogP contribution in [-0.2, 0) is 4.74 Å². The second-order valence-corrected chi connectivity index (χ2v) is 5.82. The van der Waals surface area contributed by atoms with E-state index in [1.54, 1.807) is 12.1 Å². The molecule has 0 heterocycles. The van der Waals surface area contributed by atoms with Crippen molar-refractivity contribution >= 4 is 21.9 Å². The minimum atomic E-state index is -0.187. The van der Waals surface area contributed by atoms with Gasteiger partial charge in [-0.2, -0.15) is 0 Å². The molecule has 0 radical (unpaired) electrons. The molecule has 1 fully saturated rings. The van der Waals surface area contributed by atoms with Gasteiger partial charge >= 0.3 is 5.97 Å². The lowest BCUT2D eigenvalue weighted by molar-refractivity contribution is 0.000710. The van der Waals surface area contributed by atoms with E-state index in [9.17, 15) is 4.79 Å². The zero-order valence-corrected chi connectivity index (χ0v) is 12.3. The molecule has 1 aromatic carbocycles. The summed E-state index contributed by atoms with van der Waals surface area (Å²) < 4.78 is 6.64. The molecule has 98 valence electrons. The lowest BCUT2D eigenvalue weighted by atomic mass is 9.85. The summed E-state index contributed by atoms with van der Waals surface area (Å²) in [6, 6.07) is 7.34. The standard InChI is InChI=1S/C15H19BrO2/c1-2-11-5-3-4-6-14(11)18-15(17)12-7-9-13(16)10-8-12/h7-11,14H,2-6H2,1H3. The van der Waals surface area contributed by atoms with Crippen molar-refractivity contribution in [1.82, 2.24) is 0 Å². The van der Waals surface area contributed by atoms with Gasteiger partial charge in [0.05, 0.1) is 5.56 Å². The molecule has 2 rings (SSSR count). The van der Waals surface area contributed by atoms with Gasteiger partial charge in [0, 0.05) is 4.47 Å². The Morgan fingerprint density at radius 3 is 2.61 bits per heavy atom. The van der Waals surface area contributed by atoms with E-state index in [2.05, 4.69) is 22.9 Å². The maximum Gasteiger partial charge on any atom is 0.338 e. The number of carbonyl (C=O) groups is 1. The van der Waals surface area contributed by atoms with Crippen LogP contribution in [0.15, 0.2) is 28.7 Å². The molecule has 0 aromatic heterocycles. The van der Waals surface area contributed by atoms with Crippen molar-refractivity contribution in [3.63, 3.8) is 0 Å². The predicted octanol–water partition coefficient (Wildman–Crippen LogP) is 4.57. The molecule has 18 heavy (non-hydrogen) atoms. The average molecular weight is 311 g/mol. The second kappa shape index (κ2) is 6.37. The summed E-state index contributed by atoms with van der Waals surface area (Å²) in [5.41, 5.74) is 0.638. The van der Waals surface area contributed by atoms with Crippen LogP contribution >= 0.6 is 15.9 Å². The Morgan fingerprint density at radius 2 is 1.94 bits per heavy atom. The molecular weight excluding hydrogens is 292 g/mol. The zero-order valence-electron chi connectivity index (χ0n) is 10.7. The Labute approximate surface area is 117 Å². The highest BCUT2D eigenvalue weighted by Gasteiger charge is 2.27. The van der Waals surface area contributed by atoms with Gasteiger partial charge in [-0.3, -0.25) is 0 Å². The van der Waals surface area contributed by atoms with E-state index in [0.717, 1.165) is 17.3 Å². The van der Waals surface area contributed by atoms with Crippen molar-refractivity contribution < 1.29 is 9.53 Å². The summed E-state index contributed by atoms with van der Waals surface area (Å²) in [7, 11) is 0. The van der Waals surface area contributed by atoms with Gasteiger partial charge in [-0.05, 0) is 55.9 Å². The molecule has 0 amide bonds. The van der Waals surface area contributed by atoms with Crippen molar-refractivity contribution in [3.8, 4) is 0 Å². The number of hydrogen-bond acceptors (Lipinski definition) is 2. The summed E-state index contributed by atoms with van der Waals surface area (Å²) in [6.07, 6.45) is 5.85. The highest BCUT2D eigenvalue weighted by Crippen LogP contribution is 2.29. The molecule has 0 N–H and O–H groups in total. The molecule has 1 saturated carbocycles. The molecule has 3 heteroatoms. The Morgan fingerprint density at radius 1 is 1.28 bits per heavy atom. The lowest BCUT2D eigenvalue weighted by Crippen LogP contribution is -2.29. The van der Waals surface area contributed by atoms with Gasteiger partial charge in [0.15, 0.2) is 0 Å². The first-order chi connectivity index (χ1) is 8.70. The number of hydrogen-bond donors (Lipinski definition) is 0. The third-order valence-corrected chi connectivity index (χ3v) is 4.23. The third kappa shape index (κ3) is 3.35. The van der Waals surface area contributed by atoms with Crippen LogP contribution in [0.5, 0.6) is 0 Å². The molecular formula is C15H19BrO2. The molecule has 1 aromatic rings. The highest BCUT2D eigenvalue weighted by molar-refractivity contribution is 9.10. The SMILES string of the molecule is CCC1CCCCC1OC(=O)c1ccc(Br)cc1. The Kier molecular flexibility index (Phi) is 4.81. The summed E-state index contributed by atoms with van der Waals surface area (Å²) in [5.74, 6) is 0.353. The monoisotopic (exact) mass is 310 g/mol. The van der Waals surface area contributed by atoms with Crippen LogP contribution in [0.25, 0.3) is 0 Å². The quantitative estimate of drug-likeness (QED) is 0.764. The fourth-order valence-corrected chi connectivity index (χ4v) is 2.85. The normalized spacial score (nSPS) is 23.7. The smallest absolute Gasteiger partial charge is 0.338 e. The van der Waals surface area contributed by atoms with Crippen LogP contribution in [0.4, 0.5) is 0 Å². The van der Waals surface area contributed by atoms with Gasteiger partial charge in [0.25, 0.3) is 0 Å². The van der Waals surface area contributed by atoms with Crippen molar-refractivity contribution in [3.05, 3.63) is 34.3 Å². The van der Waals surface area contributed by atoms with E-state index in [1.165, 1.54) is 19.3 Å². The van der Waals surface area contributed by atoms with Crippen LogP contribution < -0.4 is 0 Å². The fraction of sp³-hybridized carbons (Fsp3) is 0.533. The first-order valence-corrected chi connectivity index (χ1v) is 7.46. The maximum atomic E-state index is 12.0. The van der Waals surface area contributed by atoms with Gasteiger partial charge in [-0.15, -0.1) is 0 Å². The Bertz CT molecular complexity index is 399. The zero-order chi connectivity index (χ0) is 13.0. The molecule has 0 spiro atoms. The third-order valence-electron chi connectivity index (χ3n) is 3.70. The van der Waals surface area contributed by atoms with Gasteiger partial charge in [0.1, 0.15) is 6.10 Å². The molecule has 0 aliphatic heterocycles. The van der Waals surface area contributed by atoms with E-state index in [0.29, 0.717) is 11.5 Å². The van der Waals surface area contributed by atoms with Crippen molar-refractivity contribution in [2.75, 3.05) is 0 Å². The fourth-order valence-electron chi connectivity index (χ4n) is 2.59. The number of esters is 1. The number of benzene rings is 1. The summed E-state index contributed by atoms with van der Waals surface area (Å²) in [6.45, 7) is 2.18. The number of rotatable bonds is 3. The number of halogens is 1. The van der Waals surface area contributed by atoms with Crippen molar-refractivity contribution in [2.45, 2.75) is 45.1 Å². The molecule has 0 saturated heterocycles. The minimum absolute atomic E-state index is 0.111. The molecule has 0 bridgehead atoms. The van der Waals surface area contributed by atoms with E-state index in [-0.39, 0.29) is 12.1 Å². The predicted molar refractivity (Wildman–Crippen MR) is 75.6 cm³/mol. The maximum absolute atomic E-state index is 12.0. The molecule has 1 aliphatic rings. The van der Waals surface area contributed by atoms with Crippen LogP contribution in [0, 0.1) is 5.92 Å². The highest BCUT2D eigenvalue weighted by atomic mass is 79.9. The van der Waals surface area contributed by atoms with Crippen LogP contribution in [0.3, 0.4) is 0 Å². The Hall–Kier alpha value is -0.830.